The Bertz CT molecular complexity index is 570. The van der Waals surface area contributed by atoms with Crippen molar-refractivity contribution < 1.29 is 14.3 Å². The zero-order valence-corrected chi connectivity index (χ0v) is 9.61. The number of aromatic carboxylic acids is 1. The highest BCUT2D eigenvalue weighted by molar-refractivity contribution is 7.99. The lowest BCUT2D eigenvalue weighted by atomic mass is 10.2. The number of hydrogen-bond donors (Lipinski definition) is 1. The number of aryl methyl sites for hydroxylation is 1. The van der Waals surface area contributed by atoms with Crippen molar-refractivity contribution in [1.82, 2.24) is 14.8 Å². The first-order valence-corrected chi connectivity index (χ1v) is 5.45. The molecule has 0 radical (unpaired) electrons. The highest BCUT2D eigenvalue weighted by Crippen LogP contribution is 2.31. The molecular weight excluding hydrogens is 245 g/mol. The number of hydrogen-bond acceptors (Lipinski definition) is 4. The summed E-state index contributed by atoms with van der Waals surface area (Å²) in [4.78, 5) is 11.0. The Balaban J connectivity index is 2.45. The summed E-state index contributed by atoms with van der Waals surface area (Å²) in [6, 6.07) is 3.93. The maximum Gasteiger partial charge on any atom is 0.336 e. The third-order valence-corrected chi connectivity index (χ3v) is 3.23. The minimum Gasteiger partial charge on any atom is -0.478 e. The minimum absolute atomic E-state index is 0.0381. The second kappa shape index (κ2) is 4.54. The van der Waals surface area contributed by atoms with Crippen LogP contribution in [0.25, 0.3) is 0 Å². The van der Waals surface area contributed by atoms with Gasteiger partial charge in [0.2, 0.25) is 0 Å². The fraction of sp³-hybridized carbons (Fsp3) is 0.100. The lowest BCUT2D eigenvalue weighted by Gasteiger charge is -2.05. The van der Waals surface area contributed by atoms with Crippen molar-refractivity contribution in [2.24, 2.45) is 7.05 Å². The van der Waals surface area contributed by atoms with Gasteiger partial charge in [-0.2, -0.15) is 0 Å². The van der Waals surface area contributed by atoms with Crippen LogP contribution in [0.5, 0.6) is 0 Å². The lowest BCUT2D eigenvalue weighted by molar-refractivity contribution is 0.0692. The molecule has 1 aromatic heterocycles. The molecule has 0 atom stereocenters. The minimum atomic E-state index is -1.17. The van der Waals surface area contributed by atoms with Gasteiger partial charge < -0.3 is 9.67 Å². The second-order valence-electron chi connectivity index (χ2n) is 3.25. The summed E-state index contributed by atoms with van der Waals surface area (Å²) in [7, 11) is 1.70. The predicted octanol–water partition coefficient (Wildman–Crippen LogP) is 1.80. The molecule has 0 saturated heterocycles. The van der Waals surface area contributed by atoms with Crippen LogP contribution in [-0.4, -0.2) is 25.8 Å². The summed E-state index contributed by atoms with van der Waals surface area (Å²) in [6.07, 6.45) is 1.46. The molecule has 1 heterocycles. The molecule has 5 nitrogen and oxygen atoms in total. The molecule has 0 amide bonds. The van der Waals surface area contributed by atoms with Crippen LogP contribution < -0.4 is 0 Å². The highest BCUT2D eigenvalue weighted by atomic mass is 32.2. The van der Waals surface area contributed by atoms with Crippen LogP contribution in [0.2, 0.25) is 0 Å². The van der Waals surface area contributed by atoms with E-state index < -0.39 is 11.8 Å². The molecule has 0 aliphatic rings. The van der Waals surface area contributed by atoms with Crippen molar-refractivity contribution in [3.63, 3.8) is 0 Å². The van der Waals surface area contributed by atoms with Crippen molar-refractivity contribution in [1.29, 1.82) is 0 Å². The van der Waals surface area contributed by atoms with E-state index in [0.29, 0.717) is 5.16 Å². The van der Waals surface area contributed by atoms with Gasteiger partial charge in [0.1, 0.15) is 12.1 Å². The maximum absolute atomic E-state index is 13.6. The summed E-state index contributed by atoms with van der Waals surface area (Å²) in [5, 5.41) is 16.8. The molecule has 7 heteroatoms. The number of aromatic nitrogens is 3. The van der Waals surface area contributed by atoms with Gasteiger partial charge in [-0.15, -0.1) is 10.2 Å². The van der Waals surface area contributed by atoms with Crippen LogP contribution in [-0.2, 0) is 7.05 Å². The Kier molecular flexibility index (Phi) is 3.10. The van der Waals surface area contributed by atoms with Gasteiger partial charge in [-0.05, 0) is 23.9 Å². The summed E-state index contributed by atoms with van der Waals surface area (Å²) < 4.78 is 15.2. The molecule has 2 rings (SSSR count). The van der Waals surface area contributed by atoms with Crippen LogP contribution in [0.15, 0.2) is 34.6 Å². The molecule has 1 aromatic carbocycles. The Hall–Kier alpha value is -1.89. The SMILES string of the molecule is Cn1cnnc1Sc1c(F)cccc1C(=O)O. The lowest BCUT2D eigenvalue weighted by Crippen LogP contribution is -2.01. The first-order chi connectivity index (χ1) is 8.09. The van der Waals surface area contributed by atoms with Crippen LogP contribution in [0.1, 0.15) is 10.4 Å². The molecule has 0 aliphatic heterocycles. The first-order valence-electron chi connectivity index (χ1n) is 4.63. The van der Waals surface area contributed by atoms with Gasteiger partial charge in [0.05, 0.1) is 10.5 Å². The van der Waals surface area contributed by atoms with E-state index in [2.05, 4.69) is 10.2 Å². The monoisotopic (exact) mass is 253 g/mol. The largest absolute Gasteiger partial charge is 0.478 e. The summed E-state index contributed by atoms with van der Waals surface area (Å²) in [5.74, 6) is -1.76. The number of carbonyl (C=O) groups is 1. The quantitative estimate of drug-likeness (QED) is 0.903. The average Bonchev–Trinajstić information content (AvgIpc) is 2.67. The summed E-state index contributed by atoms with van der Waals surface area (Å²) >= 11 is 0.936. The number of carboxylic acids is 1. The smallest absolute Gasteiger partial charge is 0.336 e. The Labute approximate surface area is 100 Å². The van der Waals surface area contributed by atoms with E-state index in [1.807, 2.05) is 0 Å². The molecule has 0 saturated carbocycles. The van der Waals surface area contributed by atoms with E-state index in [0.717, 1.165) is 11.8 Å². The Morgan fingerprint density at radius 1 is 1.53 bits per heavy atom. The maximum atomic E-state index is 13.6. The van der Waals surface area contributed by atoms with Crippen LogP contribution >= 0.6 is 11.8 Å². The van der Waals surface area contributed by atoms with Gasteiger partial charge >= 0.3 is 5.97 Å². The average molecular weight is 253 g/mol. The van der Waals surface area contributed by atoms with Crippen LogP contribution in [0, 0.1) is 5.82 Å². The number of benzene rings is 1. The molecule has 88 valence electrons. The van der Waals surface area contributed by atoms with Gasteiger partial charge in [0, 0.05) is 7.05 Å². The first kappa shape index (κ1) is 11.6. The van der Waals surface area contributed by atoms with Gasteiger partial charge in [0.25, 0.3) is 0 Å². The molecule has 1 N–H and O–H groups in total. The second-order valence-corrected chi connectivity index (χ2v) is 4.23. The molecular formula is C10H8FN3O2S. The molecule has 0 spiro atoms. The zero-order chi connectivity index (χ0) is 12.4. The van der Waals surface area contributed by atoms with E-state index >= 15 is 0 Å². The third-order valence-electron chi connectivity index (χ3n) is 2.06. The standard InChI is InChI=1S/C10H8FN3O2S/c1-14-5-12-13-10(14)17-8-6(9(15)16)3-2-4-7(8)11/h2-5H,1H3,(H,15,16). The molecule has 0 fully saturated rings. The van der Waals surface area contributed by atoms with Gasteiger partial charge in [-0.25, -0.2) is 9.18 Å². The Morgan fingerprint density at radius 3 is 2.88 bits per heavy atom. The van der Waals surface area contributed by atoms with Crippen molar-refractivity contribution in [2.45, 2.75) is 10.1 Å². The van der Waals surface area contributed by atoms with Crippen molar-refractivity contribution >= 4 is 17.7 Å². The van der Waals surface area contributed by atoms with E-state index in [1.54, 1.807) is 11.6 Å². The van der Waals surface area contributed by atoms with Crippen molar-refractivity contribution in [3.05, 3.63) is 35.9 Å². The number of rotatable bonds is 3. The number of halogens is 1. The normalized spacial score (nSPS) is 10.5. The van der Waals surface area contributed by atoms with Crippen LogP contribution in [0.3, 0.4) is 0 Å². The molecule has 0 unspecified atom stereocenters. The highest BCUT2D eigenvalue weighted by Gasteiger charge is 2.17. The Morgan fingerprint density at radius 2 is 2.29 bits per heavy atom. The van der Waals surface area contributed by atoms with Crippen molar-refractivity contribution in [3.8, 4) is 0 Å². The zero-order valence-electron chi connectivity index (χ0n) is 8.79. The van der Waals surface area contributed by atoms with Gasteiger partial charge in [-0.3, -0.25) is 0 Å². The van der Waals surface area contributed by atoms with Gasteiger partial charge in [0.15, 0.2) is 5.16 Å². The molecule has 0 bridgehead atoms. The molecule has 2 aromatic rings. The fourth-order valence-electron chi connectivity index (χ4n) is 1.24. The topological polar surface area (TPSA) is 68.0 Å². The van der Waals surface area contributed by atoms with Crippen molar-refractivity contribution in [2.75, 3.05) is 0 Å². The molecule has 17 heavy (non-hydrogen) atoms. The van der Waals surface area contributed by atoms with E-state index in [1.165, 1.54) is 24.5 Å². The summed E-state index contributed by atoms with van der Waals surface area (Å²) in [5.41, 5.74) is -0.0852. The predicted molar refractivity (Wildman–Crippen MR) is 58.5 cm³/mol. The molecule has 0 aliphatic carbocycles. The van der Waals surface area contributed by atoms with E-state index in [4.69, 9.17) is 5.11 Å². The van der Waals surface area contributed by atoms with Crippen LogP contribution in [0.4, 0.5) is 4.39 Å². The summed E-state index contributed by atoms with van der Waals surface area (Å²) in [6.45, 7) is 0. The number of nitrogens with zero attached hydrogens (tertiary/aromatic N) is 3. The fourth-order valence-corrected chi connectivity index (χ4v) is 2.13. The van der Waals surface area contributed by atoms with E-state index in [-0.39, 0.29) is 10.5 Å². The van der Waals surface area contributed by atoms with E-state index in [9.17, 15) is 9.18 Å². The van der Waals surface area contributed by atoms with Gasteiger partial charge in [-0.1, -0.05) is 6.07 Å². The third kappa shape index (κ3) is 2.28. The number of carboxylic acid groups (broad SMARTS) is 1.